The molecule has 3 nitrogen and oxygen atoms in total. The minimum absolute atomic E-state index is 0.347. The third kappa shape index (κ3) is 5.21. The van der Waals surface area contributed by atoms with E-state index in [1.54, 1.807) is 0 Å². The van der Waals surface area contributed by atoms with Crippen molar-refractivity contribution in [3.8, 4) is 0 Å². The predicted octanol–water partition coefficient (Wildman–Crippen LogP) is 6.14. The van der Waals surface area contributed by atoms with Crippen molar-refractivity contribution >= 4 is 10.9 Å². The molecule has 0 aliphatic carbocycles. The summed E-state index contributed by atoms with van der Waals surface area (Å²) < 4.78 is 2.42. The topological polar surface area (TPSA) is 11.4 Å². The van der Waals surface area contributed by atoms with E-state index >= 15 is 0 Å². The monoisotopic (exact) mass is 437 g/mol. The fourth-order valence-corrected chi connectivity index (χ4v) is 5.24. The van der Waals surface area contributed by atoms with Gasteiger partial charge < -0.3 is 9.47 Å². The quantitative estimate of drug-likeness (QED) is 0.307. The number of hydrogen-bond acceptors (Lipinski definition) is 2. The van der Waals surface area contributed by atoms with E-state index in [1.165, 1.54) is 47.0 Å². The average Bonchev–Trinajstić information content (AvgIpc) is 3.26. The molecule has 0 radical (unpaired) electrons. The number of aromatic nitrogens is 1. The van der Waals surface area contributed by atoms with Gasteiger partial charge in [-0.3, -0.25) is 4.90 Å². The molecule has 1 aromatic heterocycles. The molecule has 1 aliphatic heterocycles. The lowest BCUT2D eigenvalue weighted by Crippen LogP contribution is -2.48. The van der Waals surface area contributed by atoms with Gasteiger partial charge >= 0.3 is 0 Å². The Balaban J connectivity index is 1.14. The maximum atomic E-state index is 2.66. The van der Waals surface area contributed by atoms with Crippen LogP contribution in [0, 0.1) is 6.92 Å². The Labute approximate surface area is 198 Å². The SMILES string of the molecule is Cc1ccc2ccn(CCCCN3CCN(C(c4ccccc4)c4ccccc4)CC3)c2c1. The van der Waals surface area contributed by atoms with Gasteiger partial charge in [0.05, 0.1) is 6.04 Å². The molecule has 0 atom stereocenters. The number of fused-ring (bicyclic) bond motifs is 1. The van der Waals surface area contributed by atoms with Crippen molar-refractivity contribution in [2.75, 3.05) is 32.7 Å². The van der Waals surface area contributed by atoms with Crippen LogP contribution in [0.4, 0.5) is 0 Å². The molecule has 5 rings (SSSR count). The Morgan fingerprint density at radius 3 is 2.00 bits per heavy atom. The largest absolute Gasteiger partial charge is 0.347 e. The summed E-state index contributed by atoms with van der Waals surface area (Å²) in [6.07, 6.45) is 4.73. The first-order valence-electron chi connectivity index (χ1n) is 12.4. The molecule has 33 heavy (non-hydrogen) atoms. The van der Waals surface area contributed by atoms with Crippen molar-refractivity contribution in [2.24, 2.45) is 0 Å². The van der Waals surface area contributed by atoms with E-state index in [4.69, 9.17) is 0 Å². The van der Waals surface area contributed by atoms with Crippen LogP contribution in [0.1, 0.15) is 35.6 Å². The first-order chi connectivity index (χ1) is 16.3. The highest BCUT2D eigenvalue weighted by molar-refractivity contribution is 5.80. The number of piperazine rings is 1. The summed E-state index contributed by atoms with van der Waals surface area (Å²) in [5, 5.41) is 1.35. The lowest BCUT2D eigenvalue weighted by molar-refractivity contribution is 0.108. The number of aryl methyl sites for hydroxylation is 2. The predicted molar refractivity (Wildman–Crippen MR) is 139 cm³/mol. The van der Waals surface area contributed by atoms with Crippen molar-refractivity contribution in [1.29, 1.82) is 0 Å². The second-order valence-electron chi connectivity index (χ2n) is 9.38. The van der Waals surface area contributed by atoms with E-state index in [0.29, 0.717) is 6.04 Å². The first-order valence-corrected chi connectivity index (χ1v) is 12.4. The molecule has 0 amide bonds. The smallest absolute Gasteiger partial charge is 0.0602 e. The Morgan fingerprint density at radius 2 is 1.33 bits per heavy atom. The zero-order chi connectivity index (χ0) is 22.5. The zero-order valence-electron chi connectivity index (χ0n) is 19.7. The van der Waals surface area contributed by atoms with Gasteiger partial charge in [-0.1, -0.05) is 72.8 Å². The van der Waals surface area contributed by atoms with Gasteiger partial charge in [-0.15, -0.1) is 0 Å². The number of hydrogen-bond donors (Lipinski definition) is 0. The summed E-state index contributed by atoms with van der Waals surface area (Å²) in [6, 6.07) is 31.3. The number of benzene rings is 3. The molecule has 1 fully saturated rings. The van der Waals surface area contributed by atoms with Crippen molar-refractivity contribution in [3.05, 3.63) is 108 Å². The summed E-state index contributed by atoms with van der Waals surface area (Å²) in [4.78, 5) is 5.32. The van der Waals surface area contributed by atoms with E-state index in [1.807, 2.05) is 0 Å². The zero-order valence-corrected chi connectivity index (χ0v) is 19.7. The second kappa shape index (κ2) is 10.4. The lowest BCUT2D eigenvalue weighted by atomic mass is 9.96. The molecule has 2 heterocycles. The number of rotatable bonds is 8. The van der Waals surface area contributed by atoms with E-state index in [-0.39, 0.29) is 0 Å². The fraction of sp³-hybridized carbons (Fsp3) is 0.333. The van der Waals surface area contributed by atoms with Crippen molar-refractivity contribution in [1.82, 2.24) is 14.4 Å². The molecular weight excluding hydrogens is 402 g/mol. The van der Waals surface area contributed by atoms with Crippen LogP contribution >= 0.6 is 0 Å². The third-order valence-electron chi connectivity index (χ3n) is 7.06. The highest BCUT2D eigenvalue weighted by Crippen LogP contribution is 2.29. The van der Waals surface area contributed by atoms with Crippen LogP contribution in [-0.4, -0.2) is 47.1 Å². The van der Waals surface area contributed by atoms with Crippen LogP contribution in [-0.2, 0) is 6.54 Å². The van der Waals surface area contributed by atoms with Gasteiger partial charge in [0.1, 0.15) is 0 Å². The van der Waals surface area contributed by atoms with Gasteiger partial charge in [0.2, 0.25) is 0 Å². The van der Waals surface area contributed by atoms with Gasteiger partial charge in [0.15, 0.2) is 0 Å². The van der Waals surface area contributed by atoms with E-state index in [0.717, 1.165) is 32.7 Å². The summed E-state index contributed by atoms with van der Waals surface area (Å²) in [5.41, 5.74) is 5.50. The lowest BCUT2D eigenvalue weighted by Gasteiger charge is -2.40. The molecule has 1 aliphatic rings. The molecule has 0 saturated carbocycles. The van der Waals surface area contributed by atoms with Crippen molar-refractivity contribution in [3.63, 3.8) is 0 Å². The van der Waals surface area contributed by atoms with E-state index in [2.05, 4.69) is 112 Å². The number of nitrogens with zero attached hydrogens (tertiary/aromatic N) is 3. The van der Waals surface area contributed by atoms with Gasteiger partial charge in [-0.25, -0.2) is 0 Å². The van der Waals surface area contributed by atoms with E-state index in [9.17, 15) is 0 Å². The van der Waals surface area contributed by atoms with Gasteiger partial charge in [0.25, 0.3) is 0 Å². The van der Waals surface area contributed by atoms with Crippen LogP contribution in [0.5, 0.6) is 0 Å². The summed E-state index contributed by atoms with van der Waals surface area (Å²) in [7, 11) is 0. The highest BCUT2D eigenvalue weighted by Gasteiger charge is 2.26. The minimum atomic E-state index is 0.347. The van der Waals surface area contributed by atoms with Crippen LogP contribution in [0.3, 0.4) is 0 Å². The molecule has 3 aromatic carbocycles. The first kappa shape index (κ1) is 21.9. The standard InChI is InChI=1S/C30H35N3/c1-25-14-15-26-16-19-32(29(26)24-25)18-9-8-17-31-20-22-33(23-21-31)30(27-10-4-2-5-11-27)28-12-6-3-7-13-28/h2-7,10-16,19,24,30H,8-9,17-18,20-23H2,1H3. The molecule has 0 bridgehead atoms. The molecule has 0 N–H and O–H groups in total. The normalized spacial score (nSPS) is 15.5. The van der Waals surface area contributed by atoms with Crippen LogP contribution in [0.2, 0.25) is 0 Å². The van der Waals surface area contributed by atoms with Crippen molar-refractivity contribution in [2.45, 2.75) is 32.4 Å². The van der Waals surface area contributed by atoms with Gasteiger partial charge in [0, 0.05) is 44.4 Å². The molecule has 3 heteroatoms. The average molecular weight is 438 g/mol. The molecule has 170 valence electrons. The Hall–Kier alpha value is -2.88. The van der Waals surface area contributed by atoms with Gasteiger partial charge in [-0.2, -0.15) is 0 Å². The Bertz CT molecular complexity index is 1100. The van der Waals surface area contributed by atoms with E-state index < -0.39 is 0 Å². The molecule has 0 unspecified atom stereocenters. The Morgan fingerprint density at radius 1 is 0.697 bits per heavy atom. The number of unbranched alkanes of at least 4 members (excludes halogenated alkanes) is 1. The maximum absolute atomic E-state index is 2.66. The molecule has 0 spiro atoms. The van der Waals surface area contributed by atoms with Gasteiger partial charge in [-0.05, 0) is 60.5 Å². The summed E-state index contributed by atoms with van der Waals surface area (Å²) >= 11 is 0. The van der Waals surface area contributed by atoms with Crippen LogP contribution < -0.4 is 0 Å². The molecule has 4 aromatic rings. The Kier molecular flexibility index (Phi) is 6.89. The maximum Gasteiger partial charge on any atom is 0.0602 e. The minimum Gasteiger partial charge on any atom is -0.347 e. The fourth-order valence-electron chi connectivity index (χ4n) is 5.24. The molecular formula is C30H35N3. The second-order valence-corrected chi connectivity index (χ2v) is 9.38. The summed E-state index contributed by atoms with van der Waals surface area (Å²) in [5.74, 6) is 0. The molecule has 1 saturated heterocycles. The summed E-state index contributed by atoms with van der Waals surface area (Å²) in [6.45, 7) is 9.04. The highest BCUT2D eigenvalue weighted by atomic mass is 15.3. The van der Waals surface area contributed by atoms with Crippen LogP contribution in [0.25, 0.3) is 10.9 Å². The third-order valence-corrected chi connectivity index (χ3v) is 7.06. The van der Waals surface area contributed by atoms with Crippen molar-refractivity contribution < 1.29 is 0 Å². The van der Waals surface area contributed by atoms with Crippen LogP contribution in [0.15, 0.2) is 91.1 Å².